The fourth-order valence-electron chi connectivity index (χ4n) is 0.991. The average molecular weight is 179 g/mol. The van der Waals surface area contributed by atoms with Crippen LogP contribution in [0.4, 0.5) is 5.82 Å². The van der Waals surface area contributed by atoms with Crippen molar-refractivity contribution < 1.29 is 5.21 Å². The van der Waals surface area contributed by atoms with E-state index in [0.717, 1.165) is 17.9 Å². The van der Waals surface area contributed by atoms with Gasteiger partial charge in [0.25, 0.3) is 0 Å². The van der Waals surface area contributed by atoms with Crippen LogP contribution >= 0.6 is 0 Å². The minimum Gasteiger partial charge on any atom is -0.411 e. The van der Waals surface area contributed by atoms with Crippen LogP contribution in [0.2, 0.25) is 0 Å². The maximum absolute atomic E-state index is 8.56. The Hall–Kier alpha value is -1.58. The standard InChI is InChI=1S/C9H13N3O/c1-3-10-9-6-8(4-5-11-9)7(2)12-13/h4-6,13H,3H2,1-2H3,(H,10,11). The Morgan fingerprint density at radius 2 is 2.46 bits per heavy atom. The zero-order valence-electron chi connectivity index (χ0n) is 7.78. The molecule has 0 amide bonds. The molecule has 0 aromatic carbocycles. The van der Waals surface area contributed by atoms with Crippen LogP contribution in [0, 0.1) is 0 Å². The quantitative estimate of drug-likeness (QED) is 0.422. The van der Waals surface area contributed by atoms with E-state index in [-0.39, 0.29) is 0 Å². The summed E-state index contributed by atoms with van der Waals surface area (Å²) in [5, 5.41) is 14.8. The highest BCUT2D eigenvalue weighted by Gasteiger charge is 1.99. The van der Waals surface area contributed by atoms with Crippen LogP contribution in [0.5, 0.6) is 0 Å². The van der Waals surface area contributed by atoms with Gasteiger partial charge in [0.05, 0.1) is 5.71 Å². The van der Waals surface area contributed by atoms with Gasteiger partial charge in [-0.15, -0.1) is 0 Å². The van der Waals surface area contributed by atoms with Crippen molar-refractivity contribution in [3.63, 3.8) is 0 Å². The first-order chi connectivity index (χ1) is 6.27. The molecule has 4 heteroatoms. The first kappa shape index (κ1) is 9.51. The monoisotopic (exact) mass is 179 g/mol. The number of aromatic nitrogens is 1. The summed E-state index contributed by atoms with van der Waals surface area (Å²) in [5.41, 5.74) is 1.45. The fraction of sp³-hybridized carbons (Fsp3) is 0.333. The van der Waals surface area contributed by atoms with Gasteiger partial charge in [0.15, 0.2) is 0 Å². The van der Waals surface area contributed by atoms with Gasteiger partial charge < -0.3 is 10.5 Å². The van der Waals surface area contributed by atoms with Crippen LogP contribution < -0.4 is 5.32 Å². The largest absolute Gasteiger partial charge is 0.411 e. The summed E-state index contributed by atoms with van der Waals surface area (Å²) in [4.78, 5) is 4.10. The Balaban J connectivity index is 2.91. The summed E-state index contributed by atoms with van der Waals surface area (Å²) >= 11 is 0. The molecule has 0 unspecified atom stereocenters. The predicted octanol–water partition coefficient (Wildman–Crippen LogP) is 1.71. The minimum absolute atomic E-state index is 0.585. The van der Waals surface area contributed by atoms with Gasteiger partial charge in [-0.1, -0.05) is 5.16 Å². The van der Waals surface area contributed by atoms with Crippen LogP contribution in [0.1, 0.15) is 19.4 Å². The predicted molar refractivity (Wildman–Crippen MR) is 52.4 cm³/mol. The van der Waals surface area contributed by atoms with Gasteiger partial charge in [-0.3, -0.25) is 0 Å². The summed E-state index contributed by atoms with van der Waals surface area (Å²) in [7, 11) is 0. The zero-order chi connectivity index (χ0) is 9.68. The Labute approximate surface area is 77.3 Å². The van der Waals surface area contributed by atoms with E-state index in [9.17, 15) is 0 Å². The van der Waals surface area contributed by atoms with E-state index in [1.807, 2.05) is 13.0 Å². The van der Waals surface area contributed by atoms with E-state index >= 15 is 0 Å². The first-order valence-electron chi connectivity index (χ1n) is 4.17. The maximum Gasteiger partial charge on any atom is 0.126 e. The third kappa shape index (κ3) is 2.43. The molecule has 0 aliphatic rings. The number of anilines is 1. The topological polar surface area (TPSA) is 57.5 Å². The number of nitrogens with one attached hydrogen (secondary N) is 1. The van der Waals surface area contributed by atoms with Crippen molar-refractivity contribution in [2.75, 3.05) is 11.9 Å². The third-order valence-electron chi connectivity index (χ3n) is 1.69. The summed E-state index contributed by atoms with van der Waals surface area (Å²) < 4.78 is 0. The minimum atomic E-state index is 0.585. The van der Waals surface area contributed by atoms with E-state index in [4.69, 9.17) is 5.21 Å². The second kappa shape index (κ2) is 4.45. The summed E-state index contributed by atoms with van der Waals surface area (Å²) in [5.74, 6) is 0.794. The van der Waals surface area contributed by atoms with Crippen LogP contribution in [0.25, 0.3) is 0 Å². The van der Waals surface area contributed by atoms with Crippen LogP contribution in [-0.2, 0) is 0 Å². The lowest BCUT2D eigenvalue weighted by Crippen LogP contribution is -2.01. The third-order valence-corrected chi connectivity index (χ3v) is 1.69. The molecule has 0 saturated carbocycles. The normalized spacial score (nSPS) is 11.4. The molecule has 0 radical (unpaired) electrons. The maximum atomic E-state index is 8.56. The highest BCUT2D eigenvalue weighted by Crippen LogP contribution is 2.07. The van der Waals surface area contributed by atoms with Crippen molar-refractivity contribution in [2.24, 2.45) is 5.16 Å². The molecular formula is C9H13N3O. The van der Waals surface area contributed by atoms with E-state index in [1.54, 1.807) is 19.2 Å². The molecule has 0 bridgehead atoms. The van der Waals surface area contributed by atoms with Crippen LogP contribution in [-0.4, -0.2) is 22.4 Å². The van der Waals surface area contributed by atoms with E-state index in [2.05, 4.69) is 15.5 Å². The first-order valence-corrected chi connectivity index (χ1v) is 4.17. The molecule has 1 aromatic heterocycles. The number of hydrogen-bond acceptors (Lipinski definition) is 4. The van der Waals surface area contributed by atoms with Gasteiger partial charge in [0.1, 0.15) is 5.82 Å². The lowest BCUT2D eigenvalue weighted by molar-refractivity contribution is 0.319. The molecule has 0 saturated heterocycles. The molecule has 1 heterocycles. The molecular weight excluding hydrogens is 166 g/mol. The zero-order valence-corrected chi connectivity index (χ0v) is 7.78. The number of oxime groups is 1. The number of hydrogen-bond donors (Lipinski definition) is 2. The van der Waals surface area contributed by atoms with Crippen molar-refractivity contribution in [1.82, 2.24) is 4.98 Å². The number of pyridine rings is 1. The fourth-order valence-corrected chi connectivity index (χ4v) is 0.991. The Kier molecular flexibility index (Phi) is 3.25. The molecule has 0 aliphatic carbocycles. The Morgan fingerprint density at radius 3 is 3.08 bits per heavy atom. The Bertz CT molecular complexity index is 309. The highest BCUT2D eigenvalue weighted by molar-refractivity contribution is 5.98. The molecule has 4 nitrogen and oxygen atoms in total. The van der Waals surface area contributed by atoms with Crippen molar-refractivity contribution in [3.05, 3.63) is 23.9 Å². The van der Waals surface area contributed by atoms with Crippen LogP contribution in [0.15, 0.2) is 23.5 Å². The van der Waals surface area contributed by atoms with Gasteiger partial charge >= 0.3 is 0 Å². The van der Waals surface area contributed by atoms with E-state index in [1.165, 1.54) is 0 Å². The van der Waals surface area contributed by atoms with Gasteiger partial charge in [-0.2, -0.15) is 0 Å². The summed E-state index contributed by atoms with van der Waals surface area (Å²) in [6.07, 6.45) is 1.68. The molecule has 0 atom stereocenters. The molecule has 0 aliphatic heterocycles. The van der Waals surface area contributed by atoms with E-state index in [0.29, 0.717) is 5.71 Å². The van der Waals surface area contributed by atoms with Crippen molar-refractivity contribution in [3.8, 4) is 0 Å². The lowest BCUT2D eigenvalue weighted by atomic mass is 10.2. The van der Waals surface area contributed by atoms with Gasteiger partial charge in [0, 0.05) is 18.3 Å². The summed E-state index contributed by atoms with van der Waals surface area (Å²) in [6, 6.07) is 3.65. The van der Waals surface area contributed by atoms with E-state index < -0.39 is 0 Å². The molecule has 1 rings (SSSR count). The number of nitrogens with zero attached hydrogens (tertiary/aromatic N) is 2. The van der Waals surface area contributed by atoms with Gasteiger partial charge in [-0.05, 0) is 26.0 Å². The SMILES string of the molecule is CCNc1cc(C(C)=NO)ccn1. The van der Waals surface area contributed by atoms with Gasteiger partial charge in [-0.25, -0.2) is 4.98 Å². The molecule has 70 valence electrons. The Morgan fingerprint density at radius 1 is 1.69 bits per heavy atom. The van der Waals surface area contributed by atoms with Crippen molar-refractivity contribution in [1.29, 1.82) is 0 Å². The molecule has 0 fully saturated rings. The molecule has 1 aromatic rings. The highest BCUT2D eigenvalue weighted by atomic mass is 16.4. The molecule has 2 N–H and O–H groups in total. The summed E-state index contributed by atoms with van der Waals surface area (Å²) in [6.45, 7) is 4.57. The van der Waals surface area contributed by atoms with Crippen molar-refractivity contribution >= 4 is 11.5 Å². The van der Waals surface area contributed by atoms with Crippen LogP contribution in [0.3, 0.4) is 0 Å². The smallest absolute Gasteiger partial charge is 0.126 e. The lowest BCUT2D eigenvalue weighted by Gasteiger charge is -2.03. The van der Waals surface area contributed by atoms with Gasteiger partial charge in [0.2, 0.25) is 0 Å². The number of rotatable bonds is 3. The van der Waals surface area contributed by atoms with Crippen molar-refractivity contribution in [2.45, 2.75) is 13.8 Å². The average Bonchev–Trinajstić information content (AvgIpc) is 2.18. The molecule has 13 heavy (non-hydrogen) atoms. The molecule has 0 spiro atoms. The second-order valence-corrected chi connectivity index (χ2v) is 2.65. The second-order valence-electron chi connectivity index (χ2n) is 2.65.